The second kappa shape index (κ2) is 13.5. The van der Waals surface area contributed by atoms with Crippen molar-refractivity contribution in [3.05, 3.63) is 83.9 Å². The molecule has 0 aliphatic carbocycles. The minimum atomic E-state index is -5.09. The molecular formula is C33H31Cl2F6N9O4. The van der Waals surface area contributed by atoms with Crippen LogP contribution in [0.5, 0.6) is 6.01 Å². The van der Waals surface area contributed by atoms with E-state index in [1.807, 2.05) is 0 Å². The molecule has 3 aliphatic heterocycles. The number of amides is 1. The third-order valence-corrected chi connectivity index (χ3v) is 10.3. The zero-order valence-corrected chi connectivity index (χ0v) is 30.2. The Labute approximate surface area is 312 Å². The molecular weight excluding hydrogens is 771 g/mol. The van der Waals surface area contributed by atoms with E-state index in [4.69, 9.17) is 38.4 Å². The summed E-state index contributed by atoms with van der Waals surface area (Å²) in [6.45, 7) is -0.359. The SMILES string of the molecule is CN(C)C(=O)c1nn2c(c1Cl)CN(c1nc(OC[C@H]3N(C)c4ccc(=O)[nH]c4C3(F)F)nc3c1CO[C@H](c1c(F)c(N)cc(Cl)c1C(F)(F)F)C3)CCC2. The normalized spacial score (nSPS) is 19.2. The van der Waals surface area contributed by atoms with Gasteiger partial charge in [0.25, 0.3) is 5.91 Å². The third-order valence-electron chi connectivity index (χ3n) is 9.65. The number of carbonyl (C=O) groups excluding carboxylic acids is 1. The van der Waals surface area contributed by atoms with Gasteiger partial charge in [-0.15, -0.1) is 0 Å². The van der Waals surface area contributed by atoms with Gasteiger partial charge in [-0.3, -0.25) is 14.3 Å². The van der Waals surface area contributed by atoms with Crippen LogP contribution in [0.2, 0.25) is 10.0 Å². The maximum Gasteiger partial charge on any atom is 0.418 e. The summed E-state index contributed by atoms with van der Waals surface area (Å²) in [7, 11) is 4.50. The molecule has 1 amide bonds. The Balaban J connectivity index is 1.29. The molecule has 6 heterocycles. The van der Waals surface area contributed by atoms with Crippen molar-refractivity contribution in [1.82, 2.24) is 29.6 Å². The zero-order valence-electron chi connectivity index (χ0n) is 28.7. The molecule has 1 aromatic carbocycles. The molecule has 0 bridgehead atoms. The first kappa shape index (κ1) is 37.6. The standard InChI is InChI=1S/C33H31Cl2F6N9O4/c1-47(2)30(52)27-25(35)19-11-49(7-4-8-50(19)46-27)29-14-12-53-20(23-24(33(39,40)41)15(34)9-16(42)26(23)36)10-17(14)43-31(45-29)54-13-21-32(37,38)28-18(48(21)3)5-6-22(51)44-28/h5-6,9,20-21H,4,7-8,10-13,42H2,1-3H3,(H,44,51)/t20-,21+/m0/s1. The first-order valence-electron chi connectivity index (χ1n) is 16.4. The summed E-state index contributed by atoms with van der Waals surface area (Å²) in [5.41, 5.74) is 2.36. The predicted octanol–water partition coefficient (Wildman–Crippen LogP) is 5.32. The maximum atomic E-state index is 15.6. The number of nitrogen functional groups attached to an aromatic ring is 1. The fourth-order valence-corrected chi connectivity index (χ4v) is 7.57. The highest BCUT2D eigenvalue weighted by molar-refractivity contribution is 6.34. The Bertz CT molecular complexity index is 2230. The molecule has 3 aliphatic rings. The van der Waals surface area contributed by atoms with Gasteiger partial charge in [0.1, 0.15) is 24.2 Å². The van der Waals surface area contributed by atoms with Crippen LogP contribution in [-0.2, 0) is 43.0 Å². The minimum absolute atomic E-state index is 0.0330. The van der Waals surface area contributed by atoms with E-state index in [2.05, 4.69) is 20.1 Å². The highest BCUT2D eigenvalue weighted by Crippen LogP contribution is 2.47. The van der Waals surface area contributed by atoms with Crippen LogP contribution in [0.3, 0.4) is 0 Å². The number of alkyl halides is 5. The van der Waals surface area contributed by atoms with Crippen LogP contribution in [0.1, 0.15) is 56.8 Å². The molecule has 2 atom stereocenters. The van der Waals surface area contributed by atoms with Gasteiger partial charge in [-0.25, -0.2) is 4.39 Å². The lowest BCUT2D eigenvalue weighted by Gasteiger charge is -2.32. The Hall–Kier alpha value is -4.75. The second-order valence-corrected chi connectivity index (χ2v) is 14.0. The number of nitrogens with one attached hydrogen (secondary N) is 1. The molecule has 288 valence electrons. The molecule has 21 heteroatoms. The summed E-state index contributed by atoms with van der Waals surface area (Å²) >= 11 is 12.6. The maximum absolute atomic E-state index is 15.6. The number of pyridine rings is 1. The van der Waals surface area contributed by atoms with Crippen molar-refractivity contribution in [1.29, 1.82) is 0 Å². The van der Waals surface area contributed by atoms with Crippen molar-refractivity contribution in [2.75, 3.05) is 49.8 Å². The van der Waals surface area contributed by atoms with Crippen molar-refractivity contribution in [3.63, 3.8) is 0 Å². The predicted molar refractivity (Wildman–Crippen MR) is 184 cm³/mol. The molecule has 0 saturated carbocycles. The quantitative estimate of drug-likeness (QED) is 0.194. The second-order valence-electron chi connectivity index (χ2n) is 13.3. The minimum Gasteiger partial charge on any atom is -0.461 e. The van der Waals surface area contributed by atoms with E-state index in [9.17, 15) is 22.8 Å². The van der Waals surface area contributed by atoms with E-state index < -0.39 is 94.7 Å². The lowest BCUT2D eigenvalue weighted by atomic mass is 9.93. The summed E-state index contributed by atoms with van der Waals surface area (Å²) in [6, 6.07) is 1.02. The molecule has 7 rings (SSSR count). The van der Waals surface area contributed by atoms with Crippen LogP contribution in [0, 0.1) is 5.82 Å². The highest BCUT2D eigenvalue weighted by Gasteiger charge is 2.53. The van der Waals surface area contributed by atoms with Crippen molar-refractivity contribution in [2.45, 2.75) is 56.8 Å². The lowest BCUT2D eigenvalue weighted by Crippen LogP contribution is -2.42. The molecule has 0 radical (unpaired) electrons. The number of aromatic nitrogens is 5. The first-order valence-corrected chi connectivity index (χ1v) is 17.2. The number of hydrogen-bond acceptors (Lipinski definition) is 10. The van der Waals surface area contributed by atoms with Crippen LogP contribution in [0.25, 0.3) is 0 Å². The Morgan fingerprint density at radius 2 is 1.94 bits per heavy atom. The number of hydrogen-bond donors (Lipinski definition) is 2. The van der Waals surface area contributed by atoms with E-state index in [0.717, 1.165) is 6.07 Å². The van der Waals surface area contributed by atoms with E-state index in [0.29, 0.717) is 36.8 Å². The number of rotatable bonds is 6. The van der Waals surface area contributed by atoms with Gasteiger partial charge in [0.05, 0.1) is 57.6 Å². The number of aryl methyl sites for hydroxylation is 1. The van der Waals surface area contributed by atoms with E-state index in [1.54, 1.807) is 23.7 Å². The number of anilines is 3. The third kappa shape index (κ3) is 6.34. The number of carbonyl (C=O) groups is 1. The molecule has 0 unspecified atom stereocenters. The molecule has 0 spiro atoms. The van der Waals surface area contributed by atoms with Crippen LogP contribution in [0.4, 0.5) is 43.5 Å². The average Bonchev–Trinajstić information content (AvgIpc) is 3.37. The fourth-order valence-electron chi connectivity index (χ4n) is 6.97. The number of fused-ring (bicyclic) bond motifs is 3. The summed E-state index contributed by atoms with van der Waals surface area (Å²) in [4.78, 5) is 40.2. The van der Waals surface area contributed by atoms with Gasteiger partial charge >= 0.3 is 18.1 Å². The largest absolute Gasteiger partial charge is 0.461 e. The number of halogens is 8. The molecule has 0 saturated heterocycles. The molecule has 13 nitrogen and oxygen atoms in total. The van der Waals surface area contributed by atoms with Crippen LogP contribution in [-0.4, -0.2) is 75.9 Å². The number of likely N-dealkylation sites (N-methyl/N-ethyl adjacent to an activating group) is 1. The number of aromatic amines is 1. The summed E-state index contributed by atoms with van der Waals surface area (Å²) in [5.74, 6) is -5.18. The molecule has 3 N–H and O–H groups in total. The average molecular weight is 803 g/mol. The van der Waals surface area contributed by atoms with Crippen LogP contribution >= 0.6 is 23.2 Å². The van der Waals surface area contributed by atoms with Crippen molar-refractivity contribution < 1.29 is 40.6 Å². The Kier molecular flexibility index (Phi) is 9.41. The van der Waals surface area contributed by atoms with Crippen LogP contribution in [0.15, 0.2) is 23.0 Å². The lowest BCUT2D eigenvalue weighted by molar-refractivity contribution is -0.140. The molecule has 4 aromatic rings. The van der Waals surface area contributed by atoms with Gasteiger partial charge in [-0.05, 0) is 18.6 Å². The van der Waals surface area contributed by atoms with Gasteiger partial charge in [0.2, 0.25) is 5.56 Å². The van der Waals surface area contributed by atoms with Gasteiger partial charge in [-0.2, -0.15) is 37.0 Å². The fraction of sp³-hybridized carbons (Fsp3) is 0.424. The summed E-state index contributed by atoms with van der Waals surface area (Å²) < 4.78 is 103. The van der Waals surface area contributed by atoms with Crippen LogP contribution < -0.4 is 25.8 Å². The number of H-pyrrole nitrogens is 1. The van der Waals surface area contributed by atoms with E-state index in [-0.39, 0.29) is 34.5 Å². The van der Waals surface area contributed by atoms with Crippen molar-refractivity contribution >= 4 is 46.3 Å². The van der Waals surface area contributed by atoms with Crippen molar-refractivity contribution in [3.8, 4) is 6.01 Å². The number of benzene rings is 1. The first-order chi connectivity index (χ1) is 25.4. The molecule has 0 fully saturated rings. The Morgan fingerprint density at radius 1 is 1.20 bits per heavy atom. The smallest absolute Gasteiger partial charge is 0.418 e. The van der Waals surface area contributed by atoms with Gasteiger partial charge in [0, 0.05) is 57.8 Å². The monoisotopic (exact) mass is 801 g/mol. The summed E-state index contributed by atoms with van der Waals surface area (Å²) in [5, 5.41) is 3.69. The number of nitrogens with zero attached hydrogens (tertiary/aromatic N) is 7. The zero-order chi connectivity index (χ0) is 39.0. The highest BCUT2D eigenvalue weighted by atomic mass is 35.5. The van der Waals surface area contributed by atoms with E-state index in [1.165, 1.54) is 22.9 Å². The topological polar surface area (TPSA) is 148 Å². The molecule has 3 aromatic heterocycles. The van der Waals surface area contributed by atoms with Crippen molar-refractivity contribution in [2.24, 2.45) is 0 Å². The molecule has 54 heavy (non-hydrogen) atoms. The van der Waals surface area contributed by atoms with Gasteiger partial charge in [-0.1, -0.05) is 23.2 Å². The number of nitrogens with two attached hydrogens (primary N) is 1. The van der Waals surface area contributed by atoms with Gasteiger partial charge in [0.15, 0.2) is 11.5 Å². The van der Waals surface area contributed by atoms with Gasteiger partial charge < -0.3 is 34.9 Å². The number of ether oxygens (including phenoxy) is 2. The summed E-state index contributed by atoms with van der Waals surface area (Å²) in [6.07, 6.45) is -6.64. The Morgan fingerprint density at radius 3 is 2.65 bits per heavy atom. The van der Waals surface area contributed by atoms with E-state index >= 15 is 13.2 Å².